The third-order valence-electron chi connectivity index (χ3n) is 3.38. The van der Waals surface area contributed by atoms with Gasteiger partial charge < -0.3 is 4.90 Å². The Balaban J connectivity index is 2.17. The number of halogens is 2. The smallest absolute Gasteiger partial charge is 0.0642 e. The summed E-state index contributed by atoms with van der Waals surface area (Å²) in [6, 6.07) is 6.11. The first-order valence-corrected chi connectivity index (χ1v) is 7.18. The lowest BCUT2D eigenvalue weighted by molar-refractivity contribution is 0.724. The van der Waals surface area contributed by atoms with E-state index < -0.39 is 0 Å². The molecule has 0 aromatic heterocycles. The molecular formula is C13H17BrClN. The maximum atomic E-state index is 6.28. The third-order valence-corrected chi connectivity index (χ3v) is 4.29. The van der Waals surface area contributed by atoms with Gasteiger partial charge in [0.1, 0.15) is 0 Å². The van der Waals surface area contributed by atoms with Crippen LogP contribution < -0.4 is 4.90 Å². The molecule has 1 aromatic carbocycles. The zero-order chi connectivity index (χ0) is 11.7. The number of benzene rings is 1. The van der Waals surface area contributed by atoms with Gasteiger partial charge in [-0.25, -0.2) is 0 Å². The fraction of sp³-hybridized carbons (Fsp3) is 0.538. The van der Waals surface area contributed by atoms with Gasteiger partial charge in [-0.05, 0) is 29.9 Å². The summed E-state index contributed by atoms with van der Waals surface area (Å²) in [6.07, 6.45) is 1.36. The number of para-hydroxylation sites is 1. The predicted molar refractivity (Wildman–Crippen MR) is 74.6 cm³/mol. The normalized spacial score (nSPS) is 23.2. The summed E-state index contributed by atoms with van der Waals surface area (Å²) >= 11 is 9.80. The number of alkyl halides is 1. The summed E-state index contributed by atoms with van der Waals surface area (Å²) in [6.45, 7) is 3.43. The van der Waals surface area contributed by atoms with Crippen molar-refractivity contribution in [2.75, 3.05) is 18.5 Å². The molecule has 3 heteroatoms. The zero-order valence-electron chi connectivity index (χ0n) is 9.71. The van der Waals surface area contributed by atoms with E-state index in [0.29, 0.717) is 0 Å². The van der Waals surface area contributed by atoms with E-state index in [1.165, 1.54) is 17.7 Å². The van der Waals surface area contributed by atoms with Crippen LogP contribution in [0.1, 0.15) is 18.9 Å². The molecule has 1 saturated carbocycles. The summed E-state index contributed by atoms with van der Waals surface area (Å²) in [5.74, 6) is 1.74. The van der Waals surface area contributed by atoms with E-state index in [1.54, 1.807) is 0 Å². The Kier molecular flexibility index (Phi) is 3.81. The summed E-state index contributed by atoms with van der Waals surface area (Å²) in [4.78, 5) is 2.30. The highest BCUT2D eigenvalue weighted by Crippen LogP contribution is 2.40. The Morgan fingerprint density at radius 1 is 1.50 bits per heavy atom. The van der Waals surface area contributed by atoms with Gasteiger partial charge in [-0.2, -0.15) is 0 Å². The average Bonchev–Trinajstić information content (AvgIpc) is 2.93. The van der Waals surface area contributed by atoms with Crippen molar-refractivity contribution in [3.8, 4) is 0 Å². The molecule has 0 heterocycles. The third kappa shape index (κ3) is 2.54. The quantitative estimate of drug-likeness (QED) is 0.748. The van der Waals surface area contributed by atoms with Gasteiger partial charge in [0.2, 0.25) is 0 Å². The molecule has 0 bridgehead atoms. The molecule has 2 unspecified atom stereocenters. The first kappa shape index (κ1) is 12.3. The van der Waals surface area contributed by atoms with Gasteiger partial charge in [-0.15, -0.1) is 0 Å². The highest BCUT2D eigenvalue weighted by molar-refractivity contribution is 9.08. The lowest BCUT2D eigenvalue weighted by atomic mass is 10.1. The van der Waals surface area contributed by atoms with Crippen LogP contribution in [-0.4, -0.2) is 13.6 Å². The predicted octanol–water partition coefficient (Wildman–Crippen LogP) is 4.33. The second-order valence-corrected chi connectivity index (χ2v) is 5.70. The van der Waals surface area contributed by atoms with Crippen molar-refractivity contribution in [2.24, 2.45) is 11.8 Å². The van der Waals surface area contributed by atoms with Crippen LogP contribution in [0.4, 0.5) is 5.69 Å². The van der Waals surface area contributed by atoms with E-state index in [1.807, 2.05) is 12.1 Å². The van der Waals surface area contributed by atoms with E-state index in [9.17, 15) is 0 Å². The molecule has 88 valence electrons. The van der Waals surface area contributed by atoms with Crippen molar-refractivity contribution in [3.05, 3.63) is 28.8 Å². The Morgan fingerprint density at radius 2 is 2.19 bits per heavy atom. The first-order chi connectivity index (χ1) is 7.63. The van der Waals surface area contributed by atoms with Gasteiger partial charge in [-0.1, -0.05) is 46.6 Å². The molecule has 1 aliphatic carbocycles. The maximum Gasteiger partial charge on any atom is 0.0642 e. The molecule has 0 amide bonds. The Morgan fingerprint density at radius 3 is 2.75 bits per heavy atom. The molecule has 2 atom stereocenters. The molecule has 1 nitrogen and oxygen atoms in total. The van der Waals surface area contributed by atoms with Crippen LogP contribution in [0.2, 0.25) is 5.02 Å². The van der Waals surface area contributed by atoms with Gasteiger partial charge in [-0.3, -0.25) is 0 Å². The van der Waals surface area contributed by atoms with Gasteiger partial charge >= 0.3 is 0 Å². The minimum Gasteiger partial charge on any atom is -0.373 e. The van der Waals surface area contributed by atoms with Crippen LogP contribution >= 0.6 is 27.5 Å². The van der Waals surface area contributed by atoms with Crippen molar-refractivity contribution in [3.63, 3.8) is 0 Å². The van der Waals surface area contributed by atoms with Crippen LogP contribution in [-0.2, 0) is 5.33 Å². The fourth-order valence-corrected chi connectivity index (χ4v) is 2.98. The largest absolute Gasteiger partial charge is 0.373 e. The molecule has 1 aliphatic rings. The summed E-state index contributed by atoms with van der Waals surface area (Å²) in [5, 5.41) is 1.71. The van der Waals surface area contributed by atoms with Crippen LogP contribution in [0.15, 0.2) is 18.2 Å². The standard InChI is InChI=1S/C13H17BrClN/c1-9-6-11(9)8-16(2)13-10(7-14)4-3-5-12(13)15/h3-5,9,11H,6-8H2,1-2H3. The second-order valence-electron chi connectivity index (χ2n) is 4.73. The number of hydrogen-bond donors (Lipinski definition) is 0. The molecule has 16 heavy (non-hydrogen) atoms. The van der Waals surface area contributed by atoms with E-state index in [-0.39, 0.29) is 0 Å². The first-order valence-electron chi connectivity index (χ1n) is 5.68. The lowest BCUT2D eigenvalue weighted by Gasteiger charge is -2.23. The highest BCUT2D eigenvalue weighted by atomic mass is 79.9. The van der Waals surface area contributed by atoms with Crippen molar-refractivity contribution in [2.45, 2.75) is 18.7 Å². The van der Waals surface area contributed by atoms with Gasteiger partial charge in [0.25, 0.3) is 0 Å². The fourth-order valence-electron chi connectivity index (χ4n) is 2.19. The summed E-state index contributed by atoms with van der Waals surface area (Å²) < 4.78 is 0. The van der Waals surface area contributed by atoms with Crippen molar-refractivity contribution < 1.29 is 0 Å². The topological polar surface area (TPSA) is 3.24 Å². The van der Waals surface area contributed by atoms with E-state index >= 15 is 0 Å². The average molecular weight is 303 g/mol. The van der Waals surface area contributed by atoms with Crippen LogP contribution in [0.25, 0.3) is 0 Å². The van der Waals surface area contributed by atoms with Crippen molar-refractivity contribution in [1.82, 2.24) is 0 Å². The monoisotopic (exact) mass is 301 g/mol. The van der Waals surface area contributed by atoms with E-state index in [2.05, 4.69) is 40.9 Å². The summed E-state index contributed by atoms with van der Waals surface area (Å²) in [7, 11) is 2.14. The highest BCUT2D eigenvalue weighted by Gasteiger charge is 2.33. The van der Waals surface area contributed by atoms with Gasteiger partial charge in [0, 0.05) is 18.9 Å². The van der Waals surface area contributed by atoms with Crippen molar-refractivity contribution in [1.29, 1.82) is 0 Å². The second kappa shape index (κ2) is 4.97. The molecule has 0 spiro atoms. The molecule has 0 N–H and O–H groups in total. The SMILES string of the molecule is CC1CC1CN(C)c1c(Cl)cccc1CBr. The number of anilines is 1. The lowest BCUT2D eigenvalue weighted by Crippen LogP contribution is -2.22. The number of hydrogen-bond acceptors (Lipinski definition) is 1. The van der Waals surface area contributed by atoms with Crippen LogP contribution in [0.5, 0.6) is 0 Å². The van der Waals surface area contributed by atoms with Crippen LogP contribution in [0.3, 0.4) is 0 Å². The molecule has 0 saturated heterocycles. The molecule has 0 radical (unpaired) electrons. The van der Waals surface area contributed by atoms with E-state index in [4.69, 9.17) is 11.6 Å². The number of rotatable bonds is 4. The van der Waals surface area contributed by atoms with Crippen molar-refractivity contribution >= 4 is 33.2 Å². The van der Waals surface area contributed by atoms with Crippen LogP contribution in [0, 0.1) is 11.8 Å². The minimum atomic E-state index is 0.851. The molecule has 2 rings (SSSR count). The Bertz CT molecular complexity index is 380. The van der Waals surface area contributed by atoms with Gasteiger partial charge in [0.15, 0.2) is 0 Å². The molecule has 0 aliphatic heterocycles. The Hall–Kier alpha value is -0.210. The number of nitrogens with zero attached hydrogens (tertiary/aromatic N) is 1. The molecule has 1 fully saturated rings. The molecular weight excluding hydrogens is 286 g/mol. The minimum absolute atomic E-state index is 0.851. The molecule has 1 aromatic rings. The Labute approximate surface area is 111 Å². The van der Waals surface area contributed by atoms with Gasteiger partial charge in [0.05, 0.1) is 10.7 Å². The summed E-state index contributed by atoms with van der Waals surface area (Å²) in [5.41, 5.74) is 2.45. The zero-order valence-corrected chi connectivity index (χ0v) is 12.1. The van der Waals surface area contributed by atoms with E-state index in [0.717, 1.165) is 28.7 Å². The maximum absolute atomic E-state index is 6.28.